The molecule has 0 bridgehead atoms. The van der Waals surface area contributed by atoms with Gasteiger partial charge < -0.3 is 29.2 Å². The zero-order chi connectivity index (χ0) is 50.9. The van der Waals surface area contributed by atoms with Crippen LogP contribution in [0.5, 0.6) is 0 Å². The standard InChI is InChI=1S/C53H74FN7O7Si2/c1-9-16-39-41-32-38(21-22-43(41)60(11-3)47(39)40-19-14-26-55-45(40)35(6)67-8)37-18-12-17-36(30-37)31-42(49(64)61-27-15-23-53(70,57-61)51(66)68-29-10-2)56-48(63)46(34(4)5)58(7)50(65)52(69)24-28-59(33-52)44(62)20-13-25-54/h12-14,17-22,26,30,32,34-35,42,46,57H,9-11,15-16,23-25,27-29,31,33H2,1-8,69-70H3,(H,56,63)/b20-13+/t35-,42-,46-,52?,53?/m0/s1. The van der Waals surface area contributed by atoms with E-state index in [4.69, 9.17) is 14.5 Å². The Morgan fingerprint density at radius 2 is 1.74 bits per heavy atom. The number of hydrogen-bond donors (Lipinski definition) is 2. The summed E-state index contributed by atoms with van der Waals surface area (Å²) < 4.78 is 26.5. The average molecular weight is 996 g/mol. The molecule has 2 N–H and O–H groups in total. The van der Waals surface area contributed by atoms with Gasteiger partial charge in [0, 0.05) is 96.0 Å². The molecule has 2 aromatic carbocycles. The van der Waals surface area contributed by atoms with E-state index in [2.05, 4.69) is 65.6 Å². The number of aromatic nitrogens is 2. The maximum atomic E-state index is 14.9. The van der Waals surface area contributed by atoms with Crippen LogP contribution in [0.1, 0.15) is 96.6 Å². The van der Waals surface area contributed by atoms with Crippen LogP contribution in [0.25, 0.3) is 33.3 Å². The molecule has 0 aliphatic carbocycles. The van der Waals surface area contributed by atoms with Crippen LogP contribution in [0, 0.1) is 5.92 Å². The topological polar surface area (TPSA) is 155 Å². The van der Waals surface area contributed by atoms with E-state index in [1.54, 1.807) is 19.1 Å². The molecular weight excluding hydrogens is 922 g/mol. The first kappa shape index (κ1) is 53.8. The molecule has 2 saturated heterocycles. The number of carbonyl (C=O) groups is 5. The Labute approximate surface area is 418 Å². The summed E-state index contributed by atoms with van der Waals surface area (Å²) in [4.78, 5) is 77.9. The molecule has 4 heterocycles. The summed E-state index contributed by atoms with van der Waals surface area (Å²) in [5, 5.41) is 3.85. The van der Waals surface area contributed by atoms with E-state index in [0.29, 0.717) is 59.3 Å². The first-order valence-electron chi connectivity index (χ1n) is 25.0. The number of nitrogens with zero attached hydrogens (tertiary/aromatic N) is 5. The number of likely N-dealkylation sites (N-methyl/N-ethyl adjacent to an activating group) is 1. The number of benzene rings is 2. The monoisotopic (exact) mass is 996 g/mol. The Morgan fingerprint density at radius 1 is 0.986 bits per heavy atom. The maximum absolute atomic E-state index is 14.9. The van der Waals surface area contributed by atoms with E-state index >= 15 is 0 Å². The number of pyridine rings is 1. The average Bonchev–Trinajstić information content (AvgIpc) is 3.91. The van der Waals surface area contributed by atoms with Crippen LogP contribution in [0.4, 0.5) is 4.39 Å². The Bertz CT molecular complexity index is 2570. The van der Waals surface area contributed by atoms with Crippen molar-refractivity contribution in [3.63, 3.8) is 0 Å². The Kier molecular flexibility index (Phi) is 18.2. The van der Waals surface area contributed by atoms with E-state index in [0.717, 1.165) is 70.0 Å². The van der Waals surface area contributed by atoms with Gasteiger partial charge in [-0.15, -0.1) is 0 Å². The van der Waals surface area contributed by atoms with Gasteiger partial charge in [0.2, 0.25) is 17.7 Å². The number of esters is 1. The summed E-state index contributed by atoms with van der Waals surface area (Å²) in [7, 11) is 4.11. The lowest BCUT2D eigenvalue weighted by atomic mass is 9.95. The molecule has 4 aromatic rings. The highest BCUT2D eigenvalue weighted by Crippen LogP contribution is 2.40. The van der Waals surface area contributed by atoms with Gasteiger partial charge in [-0.1, -0.05) is 64.4 Å². The lowest BCUT2D eigenvalue weighted by Gasteiger charge is -2.41. The number of methoxy groups -OCH3 is 1. The normalized spacial score (nSPS) is 19.7. The molecule has 6 rings (SSSR count). The second-order valence-corrected chi connectivity index (χ2v) is 23.4. The van der Waals surface area contributed by atoms with Crippen LogP contribution in [-0.2, 0) is 52.8 Å². The summed E-state index contributed by atoms with van der Waals surface area (Å²) in [5.74, 6) is -2.22. The van der Waals surface area contributed by atoms with Crippen LogP contribution in [0.2, 0.25) is 5.04 Å². The van der Waals surface area contributed by atoms with Crippen LogP contribution < -0.4 is 10.7 Å². The molecule has 14 nitrogen and oxygen atoms in total. The number of rotatable bonds is 20. The van der Waals surface area contributed by atoms with Gasteiger partial charge >= 0.3 is 5.97 Å². The Hall–Kier alpha value is -5.50. The number of halogens is 1. The van der Waals surface area contributed by atoms with Gasteiger partial charge in [-0.05, 0) is 104 Å². The zero-order valence-electron chi connectivity index (χ0n) is 42.9. The molecule has 2 fully saturated rings. The van der Waals surface area contributed by atoms with Crippen molar-refractivity contribution in [2.45, 2.75) is 121 Å². The molecule has 70 heavy (non-hydrogen) atoms. The summed E-state index contributed by atoms with van der Waals surface area (Å²) in [6.07, 6.45) is 8.09. The van der Waals surface area contributed by atoms with Crippen molar-refractivity contribution >= 4 is 61.0 Å². The quantitative estimate of drug-likeness (QED) is 0.0709. The van der Waals surface area contributed by atoms with E-state index in [-0.39, 0.29) is 49.4 Å². The first-order valence-corrected chi connectivity index (χ1v) is 27.0. The highest BCUT2D eigenvalue weighted by molar-refractivity contribution is 6.29. The van der Waals surface area contributed by atoms with Crippen LogP contribution in [-0.4, -0.2) is 139 Å². The van der Waals surface area contributed by atoms with E-state index in [1.165, 1.54) is 21.5 Å². The molecule has 2 unspecified atom stereocenters. The molecule has 378 valence electrons. The number of likely N-dealkylation sites (tertiary alicyclic amines) is 1. The highest BCUT2D eigenvalue weighted by atomic mass is 28.1. The number of carbonyl (C=O) groups excluding carboxylic acids is 5. The number of amides is 4. The number of nitrogens with one attached hydrogen (secondary N) is 2. The zero-order valence-corrected chi connectivity index (χ0v) is 46.9. The van der Waals surface area contributed by atoms with Gasteiger partial charge in [-0.2, -0.15) is 0 Å². The molecular formula is C53H74FN7O7Si2. The molecule has 2 aromatic heterocycles. The van der Waals surface area contributed by atoms with Crippen LogP contribution >= 0.6 is 0 Å². The Morgan fingerprint density at radius 3 is 2.43 bits per heavy atom. The molecule has 2 aliphatic heterocycles. The third-order valence-electron chi connectivity index (χ3n) is 14.0. The van der Waals surface area contributed by atoms with Crippen molar-refractivity contribution in [1.29, 1.82) is 0 Å². The van der Waals surface area contributed by atoms with Crippen molar-refractivity contribution in [3.8, 4) is 22.4 Å². The lowest BCUT2D eigenvalue weighted by Crippen LogP contribution is -2.67. The molecule has 17 heteroatoms. The molecule has 4 amide bonds. The van der Waals surface area contributed by atoms with E-state index in [9.17, 15) is 28.4 Å². The van der Waals surface area contributed by atoms with Crippen molar-refractivity contribution in [1.82, 2.24) is 35.1 Å². The third-order valence-corrected chi connectivity index (χ3v) is 16.4. The predicted octanol–water partition coefficient (Wildman–Crippen LogP) is 4.98. The molecule has 0 radical (unpaired) electrons. The Balaban J connectivity index is 1.35. The van der Waals surface area contributed by atoms with Gasteiger partial charge in [0.1, 0.15) is 23.9 Å². The SMILES string of the molecule is CCCOC(=O)C1([SiH3])CCCN(C(=O)[C@H](Cc2cccc(-c3ccc4c(c3)c(CCC)c(-c3cccnc3[C@H](C)OC)n4CC)c2)NC(=O)[C@H](C(C)C)N(C)C(=O)C2([SiH3])CCN(C(=O)/C=C/CF)C2)N1. The van der Waals surface area contributed by atoms with Gasteiger partial charge in [0.05, 0.1) is 29.1 Å². The minimum atomic E-state index is -1.08. The second-order valence-electron chi connectivity index (χ2n) is 19.7. The fraction of sp³-hybridized carbons (Fsp3) is 0.509. The van der Waals surface area contributed by atoms with E-state index < -0.39 is 40.8 Å². The first-order chi connectivity index (χ1) is 33.4. The van der Waals surface area contributed by atoms with Gasteiger partial charge in [0.15, 0.2) is 0 Å². The lowest BCUT2D eigenvalue weighted by molar-refractivity contribution is -0.156. The number of hydrogen-bond acceptors (Lipinski definition) is 9. The number of fused-ring (bicyclic) bond motifs is 1. The van der Waals surface area contributed by atoms with Crippen molar-refractivity contribution in [2.75, 3.05) is 47.1 Å². The summed E-state index contributed by atoms with van der Waals surface area (Å²) >= 11 is 0. The molecule has 2 aliphatic rings. The summed E-state index contributed by atoms with van der Waals surface area (Å²) in [6, 6.07) is 16.7. The van der Waals surface area contributed by atoms with Crippen molar-refractivity contribution in [2.24, 2.45) is 5.92 Å². The van der Waals surface area contributed by atoms with Crippen LogP contribution in [0.15, 0.2) is 72.9 Å². The minimum Gasteiger partial charge on any atom is -0.465 e. The summed E-state index contributed by atoms with van der Waals surface area (Å²) in [5.41, 5.74) is 11.4. The minimum absolute atomic E-state index is 0.128. The fourth-order valence-corrected chi connectivity index (χ4v) is 12.0. The molecule has 0 spiro atoms. The molecule has 0 saturated carbocycles. The van der Waals surface area contributed by atoms with E-state index in [1.807, 2.05) is 52.1 Å². The number of aryl methyl sites for hydroxylation is 2. The second kappa shape index (κ2) is 23.6. The number of ether oxygens (including phenoxy) is 2. The maximum Gasteiger partial charge on any atom is 0.323 e. The van der Waals surface area contributed by atoms with Crippen molar-refractivity contribution in [3.05, 3.63) is 89.8 Å². The molecule has 5 atom stereocenters. The summed E-state index contributed by atoms with van der Waals surface area (Å²) in [6.45, 7) is 13.2. The van der Waals surface area contributed by atoms with Crippen LogP contribution in [0.3, 0.4) is 0 Å². The van der Waals surface area contributed by atoms with Gasteiger partial charge in [0.25, 0.3) is 5.91 Å². The number of hydrazine groups is 1. The number of allylic oxidation sites excluding steroid dienone is 1. The number of alkyl halides is 1. The smallest absolute Gasteiger partial charge is 0.323 e. The fourth-order valence-electron chi connectivity index (χ4n) is 10.3. The highest BCUT2D eigenvalue weighted by Gasteiger charge is 2.47. The van der Waals surface area contributed by atoms with Gasteiger partial charge in [-0.3, -0.25) is 34.0 Å². The van der Waals surface area contributed by atoms with Crippen molar-refractivity contribution < 1.29 is 37.8 Å². The predicted molar refractivity (Wildman–Crippen MR) is 280 cm³/mol. The van der Waals surface area contributed by atoms with Gasteiger partial charge in [-0.25, -0.2) is 9.82 Å². The largest absolute Gasteiger partial charge is 0.465 e. The third kappa shape index (κ3) is 11.6.